The predicted molar refractivity (Wildman–Crippen MR) is 110 cm³/mol. The van der Waals surface area contributed by atoms with Crippen molar-refractivity contribution < 1.29 is 14.3 Å². The normalized spacial score (nSPS) is 13.1. The third-order valence-corrected chi connectivity index (χ3v) is 6.82. The number of amides is 2. The summed E-state index contributed by atoms with van der Waals surface area (Å²) in [5, 5.41) is 14.1. The maximum Gasteiger partial charge on any atom is 0.410 e. The molecule has 28 heavy (non-hydrogen) atoms. The molecule has 0 saturated carbocycles. The summed E-state index contributed by atoms with van der Waals surface area (Å²) in [6.45, 7) is 2.99. The van der Waals surface area contributed by atoms with Crippen LogP contribution in [-0.2, 0) is 17.7 Å². The van der Waals surface area contributed by atoms with Crippen LogP contribution in [0.5, 0.6) is 0 Å². The second kappa shape index (κ2) is 7.62. The molecule has 6 nitrogen and oxygen atoms in total. The first kappa shape index (κ1) is 18.5. The van der Waals surface area contributed by atoms with Gasteiger partial charge in [-0.25, -0.2) is 4.79 Å². The number of carbonyl (C=O) groups excluding carboxylic acids is 2. The fourth-order valence-corrected chi connectivity index (χ4v) is 5.41. The van der Waals surface area contributed by atoms with Gasteiger partial charge < -0.3 is 15.0 Å². The average Bonchev–Trinajstić information content (AvgIpc) is 3.28. The van der Waals surface area contributed by atoms with Gasteiger partial charge in [-0.3, -0.25) is 4.79 Å². The number of hydrogen-bond acceptors (Lipinski definition) is 6. The van der Waals surface area contributed by atoms with Gasteiger partial charge in [-0.15, -0.1) is 22.7 Å². The van der Waals surface area contributed by atoms with Crippen molar-refractivity contribution in [3.05, 3.63) is 51.2 Å². The van der Waals surface area contributed by atoms with Gasteiger partial charge in [0.2, 0.25) is 0 Å². The van der Waals surface area contributed by atoms with Crippen LogP contribution in [0.25, 0.3) is 10.1 Å². The van der Waals surface area contributed by atoms with Gasteiger partial charge in [-0.1, -0.05) is 18.2 Å². The number of ether oxygens (including phenoxy) is 1. The number of hydrogen-bond donors (Lipinski definition) is 1. The molecular formula is C20H17N3O3S2. The standard InChI is InChI=1S/C20H17N3O3S2/c1-2-26-20(25)23-8-7-13-14(10-21)19(28-17(13)11-23)22-18(24)16-9-12-5-3-4-6-15(12)27-16/h3-6,9H,2,7-8,11H2,1H3,(H,22,24). The number of fused-ring (bicyclic) bond motifs is 2. The summed E-state index contributed by atoms with van der Waals surface area (Å²) < 4.78 is 6.11. The number of nitrogens with one attached hydrogen (secondary N) is 1. The molecule has 8 heteroatoms. The number of nitriles is 1. The van der Waals surface area contributed by atoms with E-state index in [1.807, 2.05) is 30.3 Å². The predicted octanol–water partition coefficient (Wildman–Crippen LogP) is 4.60. The number of anilines is 1. The molecule has 0 saturated heterocycles. The lowest BCUT2D eigenvalue weighted by molar-refractivity contribution is 0.102. The van der Waals surface area contributed by atoms with Gasteiger partial charge in [0.25, 0.3) is 5.91 Å². The van der Waals surface area contributed by atoms with Crippen molar-refractivity contribution in [1.29, 1.82) is 5.26 Å². The van der Waals surface area contributed by atoms with Gasteiger partial charge in [0, 0.05) is 16.1 Å². The van der Waals surface area contributed by atoms with E-state index in [1.54, 1.807) is 11.8 Å². The van der Waals surface area contributed by atoms with E-state index in [2.05, 4.69) is 11.4 Å². The quantitative estimate of drug-likeness (QED) is 0.683. The van der Waals surface area contributed by atoms with Crippen LogP contribution >= 0.6 is 22.7 Å². The second-order valence-electron chi connectivity index (χ2n) is 6.29. The smallest absolute Gasteiger partial charge is 0.410 e. The summed E-state index contributed by atoms with van der Waals surface area (Å²) in [6.07, 6.45) is 0.225. The molecular weight excluding hydrogens is 394 g/mol. The molecule has 2 amide bonds. The fourth-order valence-electron chi connectivity index (χ4n) is 3.24. The highest BCUT2D eigenvalue weighted by molar-refractivity contribution is 7.21. The monoisotopic (exact) mass is 411 g/mol. The van der Waals surface area contributed by atoms with Crippen LogP contribution < -0.4 is 5.32 Å². The van der Waals surface area contributed by atoms with Gasteiger partial charge in [0.1, 0.15) is 11.1 Å². The number of nitrogens with zero attached hydrogens (tertiary/aromatic N) is 2. The molecule has 0 radical (unpaired) electrons. The van der Waals surface area contributed by atoms with Crippen molar-refractivity contribution in [3.63, 3.8) is 0 Å². The Morgan fingerprint density at radius 3 is 2.89 bits per heavy atom. The highest BCUT2D eigenvalue weighted by Crippen LogP contribution is 2.37. The van der Waals surface area contributed by atoms with Gasteiger partial charge in [-0.2, -0.15) is 5.26 Å². The van der Waals surface area contributed by atoms with Crippen LogP contribution in [-0.4, -0.2) is 30.1 Å². The Hall–Kier alpha value is -2.89. The maximum atomic E-state index is 12.7. The number of thiophene rings is 2. The van der Waals surface area contributed by atoms with E-state index in [9.17, 15) is 14.9 Å². The molecule has 142 valence electrons. The van der Waals surface area contributed by atoms with Crippen molar-refractivity contribution in [2.75, 3.05) is 18.5 Å². The van der Waals surface area contributed by atoms with Crippen molar-refractivity contribution in [2.24, 2.45) is 0 Å². The molecule has 0 atom stereocenters. The molecule has 0 bridgehead atoms. The van der Waals surface area contributed by atoms with Crippen LogP contribution in [0.15, 0.2) is 30.3 Å². The van der Waals surface area contributed by atoms with E-state index in [4.69, 9.17) is 4.74 Å². The highest BCUT2D eigenvalue weighted by Gasteiger charge is 2.28. The van der Waals surface area contributed by atoms with Crippen LogP contribution in [0.4, 0.5) is 9.80 Å². The number of carbonyl (C=O) groups is 2. The van der Waals surface area contributed by atoms with E-state index in [0.29, 0.717) is 41.6 Å². The molecule has 2 aromatic heterocycles. The number of benzene rings is 1. The molecule has 0 fully saturated rings. The first-order valence-corrected chi connectivity index (χ1v) is 10.5. The van der Waals surface area contributed by atoms with E-state index in [-0.39, 0.29) is 12.0 Å². The Labute approximate surface area is 170 Å². The van der Waals surface area contributed by atoms with Crippen molar-refractivity contribution >= 4 is 49.8 Å². The van der Waals surface area contributed by atoms with Crippen LogP contribution in [0.1, 0.15) is 32.6 Å². The van der Waals surface area contributed by atoms with E-state index in [1.165, 1.54) is 22.7 Å². The molecule has 0 aliphatic carbocycles. The lowest BCUT2D eigenvalue weighted by Gasteiger charge is -2.25. The Bertz CT molecular complexity index is 1080. The third-order valence-electron chi connectivity index (χ3n) is 4.57. The Morgan fingerprint density at radius 2 is 2.14 bits per heavy atom. The summed E-state index contributed by atoms with van der Waals surface area (Å²) in [5.74, 6) is -0.224. The van der Waals surface area contributed by atoms with Gasteiger partial charge in [-0.05, 0) is 36.4 Å². The van der Waals surface area contributed by atoms with Crippen molar-refractivity contribution in [2.45, 2.75) is 19.9 Å². The van der Waals surface area contributed by atoms with Gasteiger partial charge in [0.05, 0.1) is 23.6 Å². The SMILES string of the molecule is CCOC(=O)N1CCc2c(sc(NC(=O)c3cc4ccccc4s3)c2C#N)C1. The van der Waals surface area contributed by atoms with Crippen molar-refractivity contribution in [3.8, 4) is 6.07 Å². The largest absolute Gasteiger partial charge is 0.450 e. The Kier molecular flexibility index (Phi) is 5.03. The molecule has 1 aromatic carbocycles. The molecule has 4 rings (SSSR count). The van der Waals surface area contributed by atoms with Crippen molar-refractivity contribution in [1.82, 2.24) is 4.90 Å². The zero-order chi connectivity index (χ0) is 19.7. The number of rotatable bonds is 3. The summed E-state index contributed by atoms with van der Waals surface area (Å²) in [5.41, 5.74) is 1.41. The lowest BCUT2D eigenvalue weighted by Crippen LogP contribution is -2.35. The molecule has 0 spiro atoms. The van der Waals surface area contributed by atoms with E-state index < -0.39 is 0 Å². The van der Waals surface area contributed by atoms with Crippen LogP contribution in [0.3, 0.4) is 0 Å². The summed E-state index contributed by atoms with van der Waals surface area (Å²) in [6, 6.07) is 11.9. The first-order valence-electron chi connectivity index (χ1n) is 8.87. The minimum absolute atomic E-state index is 0.224. The molecule has 1 aliphatic rings. The Morgan fingerprint density at radius 1 is 1.32 bits per heavy atom. The summed E-state index contributed by atoms with van der Waals surface area (Å²) >= 11 is 2.78. The molecule has 0 unspecified atom stereocenters. The molecule has 1 aliphatic heterocycles. The molecule has 3 heterocycles. The minimum atomic E-state index is -0.351. The molecule has 3 aromatic rings. The van der Waals surface area contributed by atoms with Gasteiger partial charge in [0.15, 0.2) is 0 Å². The van der Waals surface area contributed by atoms with Crippen LogP contribution in [0.2, 0.25) is 0 Å². The van der Waals surface area contributed by atoms with Crippen LogP contribution in [0, 0.1) is 11.3 Å². The van der Waals surface area contributed by atoms with E-state index >= 15 is 0 Å². The third kappa shape index (κ3) is 3.35. The zero-order valence-electron chi connectivity index (χ0n) is 15.2. The maximum absolute atomic E-state index is 12.7. The minimum Gasteiger partial charge on any atom is -0.450 e. The topological polar surface area (TPSA) is 82.4 Å². The Balaban J connectivity index is 1.58. The zero-order valence-corrected chi connectivity index (χ0v) is 16.8. The summed E-state index contributed by atoms with van der Waals surface area (Å²) in [4.78, 5) is 27.9. The second-order valence-corrected chi connectivity index (χ2v) is 8.48. The fraction of sp³-hybridized carbons (Fsp3) is 0.250. The highest BCUT2D eigenvalue weighted by atomic mass is 32.1. The first-order chi connectivity index (χ1) is 13.6. The molecule has 1 N–H and O–H groups in total. The van der Waals surface area contributed by atoms with Gasteiger partial charge >= 0.3 is 6.09 Å². The van der Waals surface area contributed by atoms with E-state index in [0.717, 1.165) is 20.5 Å². The summed E-state index contributed by atoms with van der Waals surface area (Å²) in [7, 11) is 0. The average molecular weight is 412 g/mol. The lowest BCUT2D eigenvalue weighted by atomic mass is 10.0.